The van der Waals surface area contributed by atoms with Gasteiger partial charge in [0, 0.05) is 16.9 Å². The highest BCUT2D eigenvalue weighted by molar-refractivity contribution is 6.14. The van der Waals surface area contributed by atoms with E-state index in [4.69, 9.17) is 0 Å². The van der Waals surface area contributed by atoms with E-state index in [1.807, 2.05) is 0 Å². The molecule has 0 aliphatic heterocycles. The molecule has 0 atom stereocenters. The average Bonchev–Trinajstić information content (AvgIpc) is 3.27. The summed E-state index contributed by atoms with van der Waals surface area (Å²) in [5, 5.41) is 7.53. The first-order chi connectivity index (χ1) is 27.3. The number of rotatable bonds is 7. The average molecular weight is 700 g/mol. The second-order valence-corrected chi connectivity index (χ2v) is 14.1. The van der Waals surface area contributed by atoms with Crippen LogP contribution in [0.1, 0.15) is 0 Å². The number of fused-ring (bicyclic) bond motifs is 4. The third-order valence-electron chi connectivity index (χ3n) is 10.8. The van der Waals surface area contributed by atoms with Crippen molar-refractivity contribution in [1.82, 2.24) is 0 Å². The Labute approximate surface area is 322 Å². The van der Waals surface area contributed by atoms with E-state index < -0.39 is 0 Å². The Hall–Kier alpha value is -7.22. The summed E-state index contributed by atoms with van der Waals surface area (Å²) in [5.41, 5.74) is 12.9. The van der Waals surface area contributed by atoms with Gasteiger partial charge in [0.15, 0.2) is 0 Å². The first-order valence-electron chi connectivity index (χ1n) is 18.9. The molecule has 0 amide bonds. The molecule has 10 aromatic carbocycles. The zero-order valence-corrected chi connectivity index (χ0v) is 30.3. The van der Waals surface area contributed by atoms with Crippen LogP contribution in [0.5, 0.6) is 0 Å². The summed E-state index contributed by atoms with van der Waals surface area (Å²) >= 11 is 0. The second-order valence-electron chi connectivity index (χ2n) is 14.1. The molecule has 0 unspecified atom stereocenters. The molecule has 1 nitrogen and oxygen atoms in total. The number of hydrogen-bond donors (Lipinski definition) is 0. The van der Waals surface area contributed by atoms with Crippen LogP contribution in [0.4, 0.5) is 17.1 Å². The highest BCUT2D eigenvalue weighted by Gasteiger charge is 2.20. The molecule has 0 spiro atoms. The topological polar surface area (TPSA) is 3.24 Å². The van der Waals surface area contributed by atoms with Crippen molar-refractivity contribution >= 4 is 49.4 Å². The number of anilines is 3. The molecule has 0 bridgehead atoms. The molecule has 0 saturated heterocycles. The van der Waals surface area contributed by atoms with Crippen LogP contribution in [0.3, 0.4) is 0 Å². The molecular weight excluding hydrogens is 663 g/mol. The van der Waals surface area contributed by atoms with Gasteiger partial charge in [0.1, 0.15) is 0 Å². The van der Waals surface area contributed by atoms with Gasteiger partial charge in [-0.25, -0.2) is 0 Å². The van der Waals surface area contributed by atoms with E-state index >= 15 is 0 Å². The Morgan fingerprint density at radius 2 is 0.782 bits per heavy atom. The largest absolute Gasteiger partial charge is 0.310 e. The summed E-state index contributed by atoms with van der Waals surface area (Å²) < 4.78 is 0. The van der Waals surface area contributed by atoms with Gasteiger partial charge in [-0.05, 0) is 114 Å². The Kier molecular flexibility index (Phi) is 8.24. The SMILES string of the molecule is c1ccc(-c2ccc(N(c3cccc(-c4cc5ccccc5c5ccccc45)c3)c3ccc(-c4cccc5ccccc45)cc3-c3ccccc3)cc2)cc1. The third kappa shape index (κ3) is 6.02. The van der Waals surface area contributed by atoms with Crippen molar-refractivity contribution in [2.45, 2.75) is 0 Å². The highest BCUT2D eigenvalue weighted by Crippen LogP contribution is 2.45. The van der Waals surface area contributed by atoms with Crippen molar-refractivity contribution in [2.24, 2.45) is 0 Å². The Morgan fingerprint density at radius 1 is 0.236 bits per heavy atom. The molecule has 55 heavy (non-hydrogen) atoms. The van der Waals surface area contributed by atoms with E-state index in [9.17, 15) is 0 Å². The minimum Gasteiger partial charge on any atom is -0.310 e. The molecule has 0 fully saturated rings. The van der Waals surface area contributed by atoms with Crippen LogP contribution in [0.2, 0.25) is 0 Å². The van der Waals surface area contributed by atoms with E-state index in [1.54, 1.807) is 0 Å². The summed E-state index contributed by atoms with van der Waals surface area (Å²) in [6.45, 7) is 0. The first kappa shape index (κ1) is 32.4. The molecule has 0 aromatic heterocycles. The van der Waals surface area contributed by atoms with Gasteiger partial charge in [-0.15, -0.1) is 0 Å². The van der Waals surface area contributed by atoms with E-state index in [2.05, 4.69) is 229 Å². The van der Waals surface area contributed by atoms with Crippen molar-refractivity contribution in [3.8, 4) is 44.5 Å². The molecule has 0 radical (unpaired) electrons. The van der Waals surface area contributed by atoms with Gasteiger partial charge >= 0.3 is 0 Å². The Bertz CT molecular complexity index is 2960. The minimum atomic E-state index is 1.09. The number of benzene rings is 10. The van der Waals surface area contributed by atoms with Crippen LogP contribution < -0.4 is 4.90 Å². The van der Waals surface area contributed by atoms with E-state index in [-0.39, 0.29) is 0 Å². The van der Waals surface area contributed by atoms with Crippen molar-refractivity contribution < 1.29 is 0 Å². The van der Waals surface area contributed by atoms with Gasteiger partial charge < -0.3 is 4.90 Å². The van der Waals surface area contributed by atoms with Crippen LogP contribution in [-0.2, 0) is 0 Å². The predicted octanol–water partition coefficient (Wildman–Crippen LogP) is 15.3. The van der Waals surface area contributed by atoms with Gasteiger partial charge in [-0.1, -0.05) is 182 Å². The molecule has 0 heterocycles. The molecule has 1 heteroatoms. The zero-order valence-electron chi connectivity index (χ0n) is 30.3. The number of hydrogen-bond acceptors (Lipinski definition) is 1. The Morgan fingerprint density at radius 3 is 1.56 bits per heavy atom. The Balaban J connectivity index is 1.19. The van der Waals surface area contributed by atoms with Crippen LogP contribution >= 0.6 is 0 Å². The smallest absolute Gasteiger partial charge is 0.0540 e. The fourth-order valence-electron chi connectivity index (χ4n) is 8.19. The van der Waals surface area contributed by atoms with Gasteiger partial charge in [-0.2, -0.15) is 0 Å². The molecule has 10 aromatic rings. The lowest BCUT2D eigenvalue weighted by atomic mass is 9.92. The van der Waals surface area contributed by atoms with Gasteiger partial charge in [0.25, 0.3) is 0 Å². The highest BCUT2D eigenvalue weighted by atomic mass is 15.1. The van der Waals surface area contributed by atoms with Gasteiger partial charge in [0.2, 0.25) is 0 Å². The maximum absolute atomic E-state index is 2.43. The fraction of sp³-hybridized carbons (Fsp3) is 0. The lowest BCUT2D eigenvalue weighted by Crippen LogP contribution is -2.11. The third-order valence-corrected chi connectivity index (χ3v) is 10.8. The lowest BCUT2D eigenvalue weighted by Gasteiger charge is -2.29. The van der Waals surface area contributed by atoms with E-state index in [0.717, 1.165) is 17.1 Å². The molecular formula is C54H37N. The summed E-state index contributed by atoms with van der Waals surface area (Å²) in [6, 6.07) is 81.5. The van der Waals surface area contributed by atoms with Crippen LogP contribution in [0, 0.1) is 0 Å². The zero-order chi connectivity index (χ0) is 36.6. The molecule has 258 valence electrons. The van der Waals surface area contributed by atoms with E-state index in [0.29, 0.717) is 0 Å². The van der Waals surface area contributed by atoms with Crippen LogP contribution in [-0.4, -0.2) is 0 Å². The molecule has 0 saturated carbocycles. The summed E-state index contributed by atoms with van der Waals surface area (Å²) in [4.78, 5) is 2.43. The maximum atomic E-state index is 2.43. The molecule has 0 N–H and O–H groups in total. The van der Waals surface area contributed by atoms with Crippen LogP contribution in [0.25, 0.3) is 76.8 Å². The molecule has 0 aliphatic rings. The van der Waals surface area contributed by atoms with Crippen molar-refractivity contribution in [1.29, 1.82) is 0 Å². The molecule has 10 rings (SSSR count). The van der Waals surface area contributed by atoms with Gasteiger partial charge in [0.05, 0.1) is 5.69 Å². The van der Waals surface area contributed by atoms with Crippen LogP contribution in [0.15, 0.2) is 224 Å². The summed E-state index contributed by atoms with van der Waals surface area (Å²) in [5.74, 6) is 0. The van der Waals surface area contributed by atoms with Crippen molar-refractivity contribution in [2.75, 3.05) is 4.90 Å². The van der Waals surface area contributed by atoms with Crippen molar-refractivity contribution in [3.05, 3.63) is 224 Å². The summed E-state index contributed by atoms with van der Waals surface area (Å²) in [7, 11) is 0. The molecule has 0 aliphatic carbocycles. The normalized spacial score (nSPS) is 11.3. The standard InChI is InChI=1S/C54H37N/c1-3-15-38(16-4-1)39-29-32-45(33-30-39)55(46-23-13-22-42(35-46)52-36-43-20-8-10-25-49(43)50-26-11-12-27-51(50)52)54-34-31-44(37-53(54)41-17-5-2-6-18-41)48-28-14-21-40-19-7-9-24-47(40)48/h1-37H. The minimum absolute atomic E-state index is 1.09. The lowest BCUT2D eigenvalue weighted by molar-refractivity contribution is 1.28. The van der Waals surface area contributed by atoms with E-state index in [1.165, 1.54) is 76.8 Å². The monoisotopic (exact) mass is 699 g/mol. The maximum Gasteiger partial charge on any atom is 0.0540 e. The summed E-state index contributed by atoms with van der Waals surface area (Å²) in [6.07, 6.45) is 0. The van der Waals surface area contributed by atoms with Gasteiger partial charge in [-0.3, -0.25) is 0 Å². The second kappa shape index (κ2) is 14.0. The fourth-order valence-corrected chi connectivity index (χ4v) is 8.19. The van der Waals surface area contributed by atoms with Crippen molar-refractivity contribution in [3.63, 3.8) is 0 Å². The number of nitrogens with zero attached hydrogens (tertiary/aromatic N) is 1. The predicted molar refractivity (Wildman–Crippen MR) is 235 cm³/mol. The quantitative estimate of drug-likeness (QED) is 0.150. The first-order valence-corrected chi connectivity index (χ1v) is 18.9.